The fourth-order valence-electron chi connectivity index (χ4n) is 2.62. The second kappa shape index (κ2) is 5.91. The molecule has 1 saturated heterocycles. The van der Waals surface area contributed by atoms with Crippen molar-refractivity contribution in [2.24, 2.45) is 5.92 Å². The Labute approximate surface area is 112 Å². The molecule has 1 N–H and O–H groups in total. The molecular formula is C14H19NO4. The fraction of sp³-hybridized carbons (Fsp3) is 0.571. The average Bonchev–Trinajstić information content (AvgIpc) is 2.90. The van der Waals surface area contributed by atoms with Crippen molar-refractivity contribution in [2.45, 2.75) is 38.6 Å². The molecule has 5 heteroatoms. The molecule has 1 aliphatic heterocycles. The minimum absolute atomic E-state index is 0.0207. The van der Waals surface area contributed by atoms with Crippen LogP contribution in [-0.4, -0.2) is 28.4 Å². The zero-order chi connectivity index (χ0) is 13.8. The summed E-state index contributed by atoms with van der Waals surface area (Å²) in [4.78, 5) is 25.1. The van der Waals surface area contributed by atoms with Crippen molar-refractivity contribution in [1.29, 1.82) is 0 Å². The van der Waals surface area contributed by atoms with Crippen LogP contribution in [0.1, 0.15) is 44.4 Å². The summed E-state index contributed by atoms with van der Waals surface area (Å²) >= 11 is 0. The zero-order valence-corrected chi connectivity index (χ0v) is 11.0. The molecule has 0 aromatic carbocycles. The number of carboxylic acid groups (broad SMARTS) is 1. The van der Waals surface area contributed by atoms with Crippen molar-refractivity contribution in [2.75, 3.05) is 6.54 Å². The van der Waals surface area contributed by atoms with E-state index in [-0.39, 0.29) is 5.91 Å². The molecule has 1 amide bonds. The molecule has 19 heavy (non-hydrogen) atoms. The summed E-state index contributed by atoms with van der Waals surface area (Å²) in [6.07, 6.45) is 4.03. The number of hydrogen-bond donors (Lipinski definition) is 1. The van der Waals surface area contributed by atoms with Crippen LogP contribution in [0.15, 0.2) is 22.8 Å². The molecular weight excluding hydrogens is 246 g/mol. The van der Waals surface area contributed by atoms with Gasteiger partial charge in [0.2, 0.25) is 5.91 Å². The lowest BCUT2D eigenvalue weighted by Crippen LogP contribution is -2.45. The molecule has 5 nitrogen and oxygen atoms in total. The van der Waals surface area contributed by atoms with E-state index < -0.39 is 17.9 Å². The molecule has 2 heterocycles. The van der Waals surface area contributed by atoms with Crippen LogP contribution in [0.3, 0.4) is 0 Å². The molecule has 0 radical (unpaired) electrons. The first-order chi connectivity index (χ1) is 9.15. The number of carbonyl (C=O) groups excluding carboxylic acids is 1. The molecule has 1 aliphatic rings. The fourth-order valence-corrected chi connectivity index (χ4v) is 2.62. The Balaban J connectivity index is 2.29. The molecule has 1 fully saturated rings. The lowest BCUT2D eigenvalue weighted by Gasteiger charge is -2.38. The normalized spacial score (nSPS) is 23.6. The van der Waals surface area contributed by atoms with Crippen molar-refractivity contribution < 1.29 is 19.1 Å². The van der Waals surface area contributed by atoms with Gasteiger partial charge in [0, 0.05) is 13.0 Å². The molecule has 1 aromatic heterocycles. The molecule has 2 unspecified atom stereocenters. The van der Waals surface area contributed by atoms with Crippen LogP contribution in [0.4, 0.5) is 0 Å². The number of rotatable bonds is 5. The Morgan fingerprint density at radius 1 is 1.58 bits per heavy atom. The maximum atomic E-state index is 12.1. The topological polar surface area (TPSA) is 70.8 Å². The van der Waals surface area contributed by atoms with E-state index in [4.69, 9.17) is 4.42 Å². The Kier molecular flexibility index (Phi) is 4.24. The minimum Gasteiger partial charge on any atom is -0.481 e. The lowest BCUT2D eigenvalue weighted by molar-refractivity contribution is -0.152. The molecule has 1 aromatic rings. The van der Waals surface area contributed by atoms with Gasteiger partial charge in [-0.1, -0.05) is 13.3 Å². The smallest absolute Gasteiger partial charge is 0.309 e. The highest BCUT2D eigenvalue weighted by Crippen LogP contribution is 2.37. The first kappa shape index (κ1) is 13.6. The average molecular weight is 265 g/mol. The van der Waals surface area contributed by atoms with Gasteiger partial charge in [0.05, 0.1) is 12.2 Å². The number of piperidine rings is 1. The highest BCUT2D eigenvalue weighted by molar-refractivity contribution is 5.81. The summed E-state index contributed by atoms with van der Waals surface area (Å²) < 4.78 is 5.35. The van der Waals surface area contributed by atoms with E-state index in [2.05, 4.69) is 0 Å². The predicted octanol–water partition coefficient (Wildman–Crippen LogP) is 2.44. The Morgan fingerprint density at radius 2 is 2.37 bits per heavy atom. The molecule has 104 valence electrons. The second-order valence-electron chi connectivity index (χ2n) is 4.88. The van der Waals surface area contributed by atoms with E-state index in [0.717, 1.165) is 12.8 Å². The third kappa shape index (κ3) is 2.80. The van der Waals surface area contributed by atoms with E-state index in [1.165, 1.54) is 6.26 Å². The van der Waals surface area contributed by atoms with Gasteiger partial charge in [-0.15, -0.1) is 0 Å². The van der Waals surface area contributed by atoms with Gasteiger partial charge in [0.15, 0.2) is 0 Å². The molecule has 0 aliphatic carbocycles. The summed E-state index contributed by atoms with van der Waals surface area (Å²) in [6.45, 7) is 2.63. The van der Waals surface area contributed by atoms with Gasteiger partial charge >= 0.3 is 5.97 Å². The quantitative estimate of drug-likeness (QED) is 0.887. The highest BCUT2D eigenvalue weighted by Gasteiger charge is 2.41. The van der Waals surface area contributed by atoms with Crippen LogP contribution in [0.25, 0.3) is 0 Å². The van der Waals surface area contributed by atoms with Crippen molar-refractivity contribution in [3.8, 4) is 0 Å². The summed E-state index contributed by atoms with van der Waals surface area (Å²) in [5, 5.41) is 9.36. The summed E-state index contributed by atoms with van der Waals surface area (Å²) in [5.41, 5.74) is 0. The second-order valence-corrected chi connectivity index (χ2v) is 4.88. The predicted molar refractivity (Wildman–Crippen MR) is 68.4 cm³/mol. The van der Waals surface area contributed by atoms with Gasteiger partial charge in [0.25, 0.3) is 0 Å². The summed E-state index contributed by atoms with van der Waals surface area (Å²) in [6, 6.07) is 3.00. The molecule has 0 bridgehead atoms. The standard InChI is InChI=1S/C14H19NO4/c1-2-3-8-15-12(16)7-6-10(14(17)18)13(15)11-5-4-9-19-11/h4-5,9-10,13H,2-3,6-8H2,1H3,(H,17,18). The Bertz CT molecular complexity index is 440. The van der Waals surface area contributed by atoms with E-state index in [1.807, 2.05) is 6.92 Å². The molecule has 0 saturated carbocycles. The van der Waals surface area contributed by atoms with Gasteiger partial charge in [-0.3, -0.25) is 9.59 Å². The first-order valence-electron chi connectivity index (χ1n) is 6.70. The van der Waals surface area contributed by atoms with E-state index >= 15 is 0 Å². The van der Waals surface area contributed by atoms with Crippen LogP contribution in [0.5, 0.6) is 0 Å². The zero-order valence-electron chi connectivity index (χ0n) is 11.0. The van der Waals surface area contributed by atoms with E-state index in [9.17, 15) is 14.7 Å². The summed E-state index contributed by atoms with van der Waals surface area (Å²) in [7, 11) is 0. The van der Waals surface area contributed by atoms with Gasteiger partial charge in [0.1, 0.15) is 11.8 Å². The number of unbranched alkanes of at least 4 members (excludes halogenated alkanes) is 1. The maximum absolute atomic E-state index is 12.1. The molecule has 2 rings (SSSR count). The summed E-state index contributed by atoms with van der Waals surface area (Å²) in [5.74, 6) is -0.861. The van der Waals surface area contributed by atoms with Crippen molar-refractivity contribution in [3.63, 3.8) is 0 Å². The van der Waals surface area contributed by atoms with Crippen LogP contribution in [-0.2, 0) is 9.59 Å². The Morgan fingerprint density at radius 3 is 2.95 bits per heavy atom. The number of aliphatic carboxylic acids is 1. The molecule has 0 spiro atoms. The number of amides is 1. The van der Waals surface area contributed by atoms with E-state index in [0.29, 0.717) is 25.1 Å². The van der Waals surface area contributed by atoms with E-state index in [1.54, 1.807) is 17.0 Å². The maximum Gasteiger partial charge on any atom is 0.309 e. The monoisotopic (exact) mass is 265 g/mol. The highest BCUT2D eigenvalue weighted by atomic mass is 16.4. The van der Waals surface area contributed by atoms with Crippen LogP contribution < -0.4 is 0 Å². The number of carboxylic acids is 1. The van der Waals surface area contributed by atoms with Crippen molar-refractivity contribution >= 4 is 11.9 Å². The van der Waals surface area contributed by atoms with Crippen molar-refractivity contribution in [3.05, 3.63) is 24.2 Å². The number of carbonyl (C=O) groups is 2. The number of likely N-dealkylation sites (tertiary alicyclic amines) is 1. The van der Waals surface area contributed by atoms with Crippen LogP contribution >= 0.6 is 0 Å². The SMILES string of the molecule is CCCCN1C(=O)CCC(C(=O)O)C1c1ccco1. The van der Waals surface area contributed by atoms with Gasteiger partial charge in [-0.05, 0) is 25.0 Å². The largest absolute Gasteiger partial charge is 0.481 e. The first-order valence-corrected chi connectivity index (χ1v) is 6.70. The third-order valence-corrected chi connectivity index (χ3v) is 3.61. The molecule has 2 atom stereocenters. The van der Waals surface area contributed by atoms with Gasteiger partial charge in [-0.25, -0.2) is 0 Å². The lowest BCUT2D eigenvalue weighted by atomic mass is 9.87. The minimum atomic E-state index is -0.865. The third-order valence-electron chi connectivity index (χ3n) is 3.61. The van der Waals surface area contributed by atoms with Crippen LogP contribution in [0.2, 0.25) is 0 Å². The van der Waals surface area contributed by atoms with Crippen molar-refractivity contribution in [1.82, 2.24) is 4.90 Å². The number of furan rings is 1. The van der Waals surface area contributed by atoms with Crippen LogP contribution in [0, 0.1) is 5.92 Å². The number of nitrogens with zero attached hydrogens (tertiary/aromatic N) is 1. The van der Waals surface area contributed by atoms with Gasteiger partial charge < -0.3 is 14.4 Å². The number of hydrogen-bond acceptors (Lipinski definition) is 3. The van der Waals surface area contributed by atoms with Gasteiger partial charge in [-0.2, -0.15) is 0 Å². The Hall–Kier alpha value is -1.78.